The molecule has 1 N–H and O–H groups in total. The number of hydrogen-bond donors (Lipinski definition) is 1. The Bertz CT molecular complexity index is 871. The monoisotopic (exact) mass is 432 g/mol. The average Bonchev–Trinajstić information content (AvgIpc) is 3.05. The molecule has 0 bridgehead atoms. The summed E-state index contributed by atoms with van der Waals surface area (Å²) in [4.78, 5) is 12.7. The fraction of sp³-hybridized carbons (Fsp3) is 0.438. The third kappa shape index (κ3) is 5.88. The van der Waals surface area contributed by atoms with Crippen LogP contribution in [0.3, 0.4) is 0 Å². The van der Waals surface area contributed by atoms with E-state index >= 15 is 0 Å². The van der Waals surface area contributed by atoms with Crippen molar-refractivity contribution in [3.05, 3.63) is 30.1 Å². The second-order valence-corrected chi connectivity index (χ2v) is 9.85. The Kier molecular flexibility index (Phi) is 7.57. The first-order valence-electron chi connectivity index (χ1n) is 8.28. The summed E-state index contributed by atoms with van der Waals surface area (Å²) in [7, 11) is -3.77. The van der Waals surface area contributed by atoms with E-state index in [9.17, 15) is 17.6 Å². The van der Waals surface area contributed by atoms with Crippen LogP contribution in [-0.2, 0) is 14.8 Å². The number of hydrogen-bond acceptors (Lipinski definition) is 7. The minimum absolute atomic E-state index is 0.220. The van der Waals surface area contributed by atoms with Crippen LogP contribution in [0, 0.1) is 5.82 Å². The molecule has 1 heterocycles. The molecule has 0 aliphatic carbocycles. The summed E-state index contributed by atoms with van der Waals surface area (Å²) in [5.74, 6) is -0.113. The molecular weight excluding hydrogens is 411 g/mol. The van der Waals surface area contributed by atoms with Crippen LogP contribution in [-0.4, -0.2) is 42.6 Å². The minimum atomic E-state index is -3.77. The van der Waals surface area contributed by atoms with Gasteiger partial charge in [0.2, 0.25) is 21.1 Å². The number of aromatic nitrogens is 2. The predicted molar refractivity (Wildman–Crippen MR) is 107 cm³/mol. The molecule has 1 unspecified atom stereocenters. The number of benzene rings is 1. The zero-order valence-corrected chi connectivity index (χ0v) is 17.6. The van der Waals surface area contributed by atoms with Gasteiger partial charge in [-0.2, -0.15) is 0 Å². The van der Waals surface area contributed by atoms with E-state index in [1.54, 1.807) is 18.7 Å². The molecule has 1 aromatic heterocycles. The lowest BCUT2D eigenvalue weighted by Crippen LogP contribution is -2.47. The highest BCUT2D eigenvalue weighted by molar-refractivity contribution is 8.01. The van der Waals surface area contributed by atoms with Crippen molar-refractivity contribution in [2.24, 2.45) is 0 Å². The first-order valence-corrected chi connectivity index (χ1v) is 11.9. The van der Waals surface area contributed by atoms with Crippen molar-refractivity contribution >= 4 is 49.8 Å². The van der Waals surface area contributed by atoms with Gasteiger partial charge < -0.3 is 0 Å². The molecule has 7 nitrogen and oxygen atoms in total. The first-order chi connectivity index (χ1) is 12.8. The van der Waals surface area contributed by atoms with Gasteiger partial charge in [-0.05, 0) is 37.1 Å². The second kappa shape index (κ2) is 9.47. The molecule has 0 fully saturated rings. The van der Waals surface area contributed by atoms with Crippen molar-refractivity contribution in [1.82, 2.24) is 10.2 Å². The van der Waals surface area contributed by atoms with Gasteiger partial charge in [-0.25, -0.2) is 12.8 Å². The standard InChI is InChI=1S/C16H21FN4O3S3/c1-4-10-25-16-20-19-15(26-16)18-14(22)13(5-2)21(27(3,23)24)12-8-6-11(17)7-9-12/h6-9,13H,4-5,10H2,1-3H3,(H,18,19,22). The third-order valence-corrected chi connectivity index (χ3v) is 6.83. The Morgan fingerprint density at radius 1 is 1.30 bits per heavy atom. The maximum absolute atomic E-state index is 13.2. The topological polar surface area (TPSA) is 92.3 Å². The molecule has 1 amide bonds. The number of amides is 1. The number of nitrogens with one attached hydrogen (secondary N) is 1. The van der Waals surface area contributed by atoms with Crippen molar-refractivity contribution in [3.63, 3.8) is 0 Å². The van der Waals surface area contributed by atoms with E-state index in [1.165, 1.54) is 23.5 Å². The van der Waals surface area contributed by atoms with Gasteiger partial charge in [-0.3, -0.25) is 14.4 Å². The van der Waals surface area contributed by atoms with E-state index in [-0.39, 0.29) is 12.1 Å². The van der Waals surface area contributed by atoms with E-state index in [1.807, 2.05) is 0 Å². The van der Waals surface area contributed by atoms with Crippen LogP contribution in [0.4, 0.5) is 15.2 Å². The fourth-order valence-corrected chi connectivity index (χ4v) is 5.24. The Hall–Kier alpha value is -1.72. The highest BCUT2D eigenvalue weighted by atomic mass is 32.2. The molecule has 0 saturated carbocycles. The highest BCUT2D eigenvalue weighted by Crippen LogP contribution is 2.27. The molecule has 0 aliphatic rings. The molecule has 2 rings (SSSR count). The van der Waals surface area contributed by atoms with Crippen LogP contribution < -0.4 is 9.62 Å². The number of nitrogens with zero attached hydrogens (tertiary/aromatic N) is 3. The number of halogens is 1. The zero-order valence-electron chi connectivity index (χ0n) is 15.2. The van der Waals surface area contributed by atoms with Gasteiger partial charge in [-0.15, -0.1) is 10.2 Å². The van der Waals surface area contributed by atoms with Gasteiger partial charge in [0.25, 0.3) is 0 Å². The lowest BCUT2D eigenvalue weighted by Gasteiger charge is -2.29. The molecule has 11 heteroatoms. The second-order valence-electron chi connectivity index (χ2n) is 5.67. The number of anilines is 2. The van der Waals surface area contributed by atoms with Crippen LogP contribution in [0.15, 0.2) is 28.6 Å². The third-order valence-electron chi connectivity index (χ3n) is 3.48. The van der Waals surface area contributed by atoms with Gasteiger partial charge in [0.15, 0.2) is 4.34 Å². The van der Waals surface area contributed by atoms with Crippen molar-refractivity contribution in [2.75, 3.05) is 21.6 Å². The maximum atomic E-state index is 13.2. The lowest BCUT2D eigenvalue weighted by molar-refractivity contribution is -0.117. The molecule has 1 atom stereocenters. The molecule has 0 spiro atoms. The number of carbonyl (C=O) groups is 1. The number of carbonyl (C=O) groups excluding carboxylic acids is 1. The molecule has 0 radical (unpaired) electrons. The summed E-state index contributed by atoms with van der Waals surface area (Å²) in [5, 5.41) is 10.9. The largest absolute Gasteiger partial charge is 0.299 e. The van der Waals surface area contributed by atoms with E-state index in [2.05, 4.69) is 22.4 Å². The van der Waals surface area contributed by atoms with Crippen LogP contribution in [0.1, 0.15) is 26.7 Å². The van der Waals surface area contributed by atoms with Crippen LogP contribution >= 0.6 is 23.1 Å². The molecular formula is C16H21FN4O3S3. The van der Waals surface area contributed by atoms with E-state index in [0.717, 1.165) is 39.2 Å². The summed E-state index contributed by atoms with van der Waals surface area (Å²) in [6.07, 6.45) is 2.23. The number of thioether (sulfide) groups is 1. The quantitative estimate of drug-likeness (QED) is 0.482. The summed E-state index contributed by atoms with van der Waals surface area (Å²) in [5.41, 5.74) is 0.220. The maximum Gasteiger partial charge on any atom is 0.250 e. The SMILES string of the molecule is CCCSc1nnc(NC(=O)C(CC)N(c2ccc(F)cc2)S(C)(=O)=O)s1. The van der Waals surface area contributed by atoms with E-state index in [4.69, 9.17) is 0 Å². The fourth-order valence-electron chi connectivity index (χ4n) is 2.34. The summed E-state index contributed by atoms with van der Waals surface area (Å²) in [6, 6.07) is 3.97. The predicted octanol–water partition coefficient (Wildman–Crippen LogP) is 3.36. The number of rotatable bonds is 9. The first kappa shape index (κ1) is 21.6. The zero-order chi connectivity index (χ0) is 20.0. The van der Waals surface area contributed by atoms with Crippen LogP contribution in [0.5, 0.6) is 0 Å². The highest BCUT2D eigenvalue weighted by Gasteiger charge is 2.32. The lowest BCUT2D eigenvalue weighted by atomic mass is 10.2. The molecule has 0 saturated heterocycles. The Balaban J connectivity index is 2.24. The smallest absolute Gasteiger partial charge is 0.250 e. The van der Waals surface area contributed by atoms with Crippen molar-refractivity contribution in [1.29, 1.82) is 0 Å². The van der Waals surface area contributed by atoms with Gasteiger partial charge in [0, 0.05) is 5.75 Å². The Morgan fingerprint density at radius 3 is 2.52 bits per heavy atom. The molecule has 0 aliphatic heterocycles. The van der Waals surface area contributed by atoms with E-state index in [0.29, 0.717) is 5.13 Å². The summed E-state index contributed by atoms with van der Waals surface area (Å²) in [6.45, 7) is 3.76. The van der Waals surface area contributed by atoms with Gasteiger partial charge in [0.05, 0.1) is 11.9 Å². The Labute approximate surface area is 166 Å². The molecule has 1 aromatic carbocycles. The molecule has 2 aromatic rings. The van der Waals surface area contributed by atoms with Crippen molar-refractivity contribution in [3.8, 4) is 0 Å². The Morgan fingerprint density at radius 2 is 1.96 bits per heavy atom. The minimum Gasteiger partial charge on any atom is -0.299 e. The summed E-state index contributed by atoms with van der Waals surface area (Å²) >= 11 is 2.78. The van der Waals surface area contributed by atoms with Gasteiger partial charge in [0.1, 0.15) is 11.9 Å². The van der Waals surface area contributed by atoms with Crippen molar-refractivity contribution in [2.45, 2.75) is 37.1 Å². The van der Waals surface area contributed by atoms with Crippen molar-refractivity contribution < 1.29 is 17.6 Å². The summed E-state index contributed by atoms with van der Waals surface area (Å²) < 4.78 is 39.6. The van der Waals surface area contributed by atoms with Crippen LogP contribution in [0.25, 0.3) is 0 Å². The number of sulfonamides is 1. The molecule has 27 heavy (non-hydrogen) atoms. The van der Waals surface area contributed by atoms with E-state index < -0.39 is 27.8 Å². The van der Waals surface area contributed by atoms with Gasteiger partial charge >= 0.3 is 0 Å². The normalized spacial score (nSPS) is 12.6. The molecule has 148 valence electrons. The average molecular weight is 433 g/mol. The van der Waals surface area contributed by atoms with Gasteiger partial charge in [-0.1, -0.05) is 36.9 Å². The van der Waals surface area contributed by atoms with Crippen LogP contribution in [0.2, 0.25) is 0 Å².